The van der Waals surface area contributed by atoms with E-state index in [-0.39, 0.29) is 18.1 Å². The molecule has 2 fully saturated rings. The number of fused-ring (bicyclic) bond motifs is 1. The third-order valence-corrected chi connectivity index (χ3v) is 8.04. The fraction of sp³-hybridized carbons (Fsp3) is 0.778. The SMILES string of the molecule is COC(=O)C1=CO[C@@H](O[C@@H]2O[C@H](CO)[C@@H](O)[C@H](O)[C@H]2O)[C@@H]2[C@@H](C)[C@@H](OC(=O)/C(C)=C/CCC(C)CCO)C[C@H]12. The van der Waals surface area contributed by atoms with Gasteiger partial charge < -0.3 is 49.2 Å². The summed E-state index contributed by atoms with van der Waals surface area (Å²) in [4.78, 5) is 25.4. The van der Waals surface area contributed by atoms with Crippen molar-refractivity contribution >= 4 is 11.9 Å². The summed E-state index contributed by atoms with van der Waals surface area (Å²) in [6.07, 6.45) is -3.51. The molecule has 1 saturated carbocycles. The van der Waals surface area contributed by atoms with Crippen LogP contribution in [0.15, 0.2) is 23.5 Å². The third-order valence-electron chi connectivity index (χ3n) is 8.04. The van der Waals surface area contributed by atoms with E-state index in [0.29, 0.717) is 30.8 Å². The molecule has 0 aromatic heterocycles. The lowest BCUT2D eigenvalue weighted by molar-refractivity contribution is -0.342. The predicted octanol–water partition coefficient (Wildman–Crippen LogP) is 0.145. The van der Waals surface area contributed by atoms with Gasteiger partial charge in [-0.25, -0.2) is 9.59 Å². The molecular weight excluding hydrogens is 516 g/mol. The van der Waals surface area contributed by atoms with Crippen LogP contribution < -0.4 is 0 Å². The van der Waals surface area contributed by atoms with Crippen molar-refractivity contribution in [1.82, 2.24) is 0 Å². The van der Waals surface area contributed by atoms with Gasteiger partial charge >= 0.3 is 11.9 Å². The maximum absolute atomic E-state index is 12.9. The molecule has 2 aliphatic heterocycles. The second kappa shape index (κ2) is 14.0. The molecule has 0 aromatic carbocycles. The van der Waals surface area contributed by atoms with Gasteiger partial charge in [0.2, 0.25) is 6.29 Å². The van der Waals surface area contributed by atoms with Crippen molar-refractivity contribution in [3.05, 3.63) is 23.5 Å². The highest BCUT2D eigenvalue weighted by molar-refractivity contribution is 5.89. The first-order valence-electron chi connectivity index (χ1n) is 13.4. The Morgan fingerprint density at radius 2 is 1.85 bits per heavy atom. The van der Waals surface area contributed by atoms with E-state index in [9.17, 15) is 30.0 Å². The van der Waals surface area contributed by atoms with Crippen molar-refractivity contribution in [1.29, 1.82) is 0 Å². The first-order chi connectivity index (χ1) is 18.5. The number of rotatable bonds is 11. The minimum atomic E-state index is -1.63. The largest absolute Gasteiger partial charge is 0.472 e. The van der Waals surface area contributed by atoms with E-state index in [1.54, 1.807) is 6.92 Å². The summed E-state index contributed by atoms with van der Waals surface area (Å²) >= 11 is 0. The maximum Gasteiger partial charge on any atom is 0.337 e. The normalized spacial score (nSPS) is 37.4. The van der Waals surface area contributed by atoms with Crippen LogP contribution in [0, 0.1) is 23.7 Å². The smallest absolute Gasteiger partial charge is 0.337 e. The summed E-state index contributed by atoms with van der Waals surface area (Å²) in [6, 6.07) is 0. The van der Waals surface area contributed by atoms with Crippen LogP contribution in [0.4, 0.5) is 0 Å². The molecule has 2 heterocycles. The van der Waals surface area contributed by atoms with Crippen LogP contribution in [-0.4, -0.2) is 101 Å². The Bertz CT molecular complexity index is 901. The minimum absolute atomic E-state index is 0.126. The molecule has 222 valence electrons. The molecule has 5 N–H and O–H groups in total. The standard InChI is InChI=1S/C27H42O12/c1-13(8-9-28)6-5-7-14(2)24(33)37-18-10-16-17(25(34)35-4)12-36-26(20(16)15(18)3)39-27-23(32)22(31)21(30)19(11-29)38-27/h7,12-13,15-16,18-23,26-32H,5-6,8-11H2,1-4H3/b14-7+/t13?,15-,16+,18-,19+,20+,21+,22-,23+,26-,27-/m0/s1. The van der Waals surface area contributed by atoms with Crippen molar-refractivity contribution in [3.63, 3.8) is 0 Å². The lowest BCUT2D eigenvalue weighted by Gasteiger charge is -2.43. The molecular formula is C27H42O12. The van der Waals surface area contributed by atoms with Crippen LogP contribution in [0.3, 0.4) is 0 Å². The maximum atomic E-state index is 12.9. The molecule has 1 unspecified atom stereocenters. The average Bonchev–Trinajstić information content (AvgIpc) is 3.24. The van der Waals surface area contributed by atoms with Gasteiger partial charge in [0.15, 0.2) is 6.29 Å². The molecule has 1 saturated heterocycles. The van der Waals surface area contributed by atoms with Crippen LogP contribution in [-0.2, 0) is 33.3 Å². The Morgan fingerprint density at radius 3 is 2.49 bits per heavy atom. The van der Waals surface area contributed by atoms with Gasteiger partial charge in [-0.2, -0.15) is 0 Å². The molecule has 12 nitrogen and oxygen atoms in total. The highest BCUT2D eigenvalue weighted by atomic mass is 16.8. The lowest BCUT2D eigenvalue weighted by atomic mass is 9.83. The lowest BCUT2D eigenvalue weighted by Crippen LogP contribution is -2.60. The molecule has 12 heteroatoms. The molecule has 3 aliphatic rings. The van der Waals surface area contributed by atoms with E-state index in [4.69, 9.17) is 28.8 Å². The Labute approximate surface area is 228 Å². The molecule has 39 heavy (non-hydrogen) atoms. The number of esters is 2. The third kappa shape index (κ3) is 7.18. The first-order valence-corrected chi connectivity index (χ1v) is 13.4. The van der Waals surface area contributed by atoms with Gasteiger partial charge in [0, 0.05) is 29.9 Å². The van der Waals surface area contributed by atoms with Crippen LogP contribution in [0.2, 0.25) is 0 Å². The summed E-state index contributed by atoms with van der Waals surface area (Å²) in [5.74, 6) is -2.06. The van der Waals surface area contributed by atoms with E-state index in [2.05, 4.69) is 0 Å². The van der Waals surface area contributed by atoms with Gasteiger partial charge in [-0.15, -0.1) is 0 Å². The first kappa shape index (κ1) is 31.5. The zero-order chi connectivity index (χ0) is 28.9. The van der Waals surface area contributed by atoms with Gasteiger partial charge in [0.1, 0.15) is 30.5 Å². The summed E-state index contributed by atoms with van der Waals surface area (Å²) in [7, 11) is 1.25. The minimum Gasteiger partial charge on any atom is -0.472 e. The van der Waals surface area contributed by atoms with Crippen molar-refractivity contribution in [2.24, 2.45) is 23.7 Å². The van der Waals surface area contributed by atoms with Crippen LogP contribution >= 0.6 is 0 Å². The van der Waals surface area contributed by atoms with Crippen molar-refractivity contribution in [2.75, 3.05) is 20.3 Å². The van der Waals surface area contributed by atoms with Crippen LogP contribution in [0.25, 0.3) is 0 Å². The van der Waals surface area contributed by atoms with E-state index in [0.717, 1.165) is 6.42 Å². The van der Waals surface area contributed by atoms with Gasteiger partial charge in [0.05, 0.1) is 25.6 Å². The predicted molar refractivity (Wildman–Crippen MR) is 134 cm³/mol. The number of carbonyl (C=O) groups is 2. The summed E-state index contributed by atoms with van der Waals surface area (Å²) < 4.78 is 27.8. The number of ether oxygens (including phenoxy) is 5. The summed E-state index contributed by atoms with van der Waals surface area (Å²) in [5.41, 5.74) is 0.717. The van der Waals surface area contributed by atoms with E-state index < -0.39 is 73.5 Å². The number of hydrogen-bond donors (Lipinski definition) is 5. The van der Waals surface area contributed by atoms with Gasteiger partial charge in [-0.3, -0.25) is 0 Å². The van der Waals surface area contributed by atoms with Crippen molar-refractivity contribution in [3.8, 4) is 0 Å². The zero-order valence-corrected chi connectivity index (χ0v) is 22.8. The van der Waals surface area contributed by atoms with Gasteiger partial charge in [-0.05, 0) is 38.5 Å². The fourth-order valence-electron chi connectivity index (χ4n) is 5.50. The highest BCUT2D eigenvalue weighted by Crippen LogP contribution is 2.48. The van der Waals surface area contributed by atoms with Gasteiger partial charge in [0.25, 0.3) is 0 Å². The Balaban J connectivity index is 1.74. The molecule has 0 aromatic rings. The number of hydrogen-bond acceptors (Lipinski definition) is 12. The second-order valence-corrected chi connectivity index (χ2v) is 10.7. The number of aliphatic hydroxyl groups is 5. The number of carbonyl (C=O) groups excluding carboxylic acids is 2. The fourth-order valence-corrected chi connectivity index (χ4v) is 5.50. The summed E-state index contributed by atoms with van der Waals surface area (Å²) in [6.45, 7) is 5.07. The Kier molecular flexibility index (Phi) is 11.3. The van der Waals surface area contributed by atoms with Crippen molar-refractivity contribution < 1.29 is 58.8 Å². The molecule has 0 radical (unpaired) electrons. The number of aliphatic hydroxyl groups excluding tert-OH is 5. The second-order valence-electron chi connectivity index (χ2n) is 10.7. The highest BCUT2D eigenvalue weighted by Gasteiger charge is 2.54. The molecule has 0 spiro atoms. The zero-order valence-electron chi connectivity index (χ0n) is 22.8. The molecule has 0 amide bonds. The molecule has 1 aliphatic carbocycles. The number of allylic oxidation sites excluding steroid dienone is 1. The topological polar surface area (TPSA) is 181 Å². The molecule has 11 atom stereocenters. The Hall–Kier alpha value is -2.06. The quantitative estimate of drug-likeness (QED) is 0.171. The van der Waals surface area contributed by atoms with Crippen LogP contribution in [0.5, 0.6) is 0 Å². The monoisotopic (exact) mass is 558 g/mol. The van der Waals surface area contributed by atoms with Gasteiger partial charge in [-0.1, -0.05) is 19.9 Å². The van der Waals surface area contributed by atoms with E-state index in [1.807, 2.05) is 19.9 Å². The van der Waals surface area contributed by atoms with Crippen molar-refractivity contribution in [2.45, 2.75) is 89.6 Å². The Morgan fingerprint density at radius 1 is 1.13 bits per heavy atom. The summed E-state index contributed by atoms with van der Waals surface area (Å²) in [5, 5.41) is 49.2. The van der Waals surface area contributed by atoms with E-state index >= 15 is 0 Å². The number of methoxy groups -OCH3 is 1. The van der Waals surface area contributed by atoms with E-state index in [1.165, 1.54) is 13.4 Å². The average molecular weight is 559 g/mol. The van der Waals surface area contributed by atoms with Crippen LogP contribution in [0.1, 0.15) is 46.5 Å². The molecule has 3 rings (SSSR count). The molecule has 0 bridgehead atoms.